The highest BCUT2D eigenvalue weighted by Crippen LogP contribution is 2.30. The SMILES string of the molecule is CCc1ccc(C(NC)c2ccc(C)cc2F)s1. The van der Waals surface area contributed by atoms with Crippen LogP contribution in [0.1, 0.15) is 33.8 Å². The fourth-order valence-corrected chi connectivity index (χ4v) is 3.14. The first kappa shape index (κ1) is 13.2. The second-order valence-corrected chi connectivity index (χ2v) is 5.60. The monoisotopic (exact) mass is 263 g/mol. The van der Waals surface area contributed by atoms with Crippen LogP contribution in [0.4, 0.5) is 4.39 Å². The van der Waals surface area contributed by atoms with Gasteiger partial charge < -0.3 is 5.32 Å². The third-order valence-corrected chi connectivity index (χ3v) is 4.37. The fourth-order valence-electron chi connectivity index (χ4n) is 2.06. The Balaban J connectivity index is 2.38. The van der Waals surface area contributed by atoms with Gasteiger partial charge in [-0.25, -0.2) is 4.39 Å². The predicted molar refractivity (Wildman–Crippen MR) is 75.7 cm³/mol. The average molecular weight is 263 g/mol. The van der Waals surface area contributed by atoms with E-state index in [-0.39, 0.29) is 11.9 Å². The van der Waals surface area contributed by atoms with E-state index in [1.165, 1.54) is 4.88 Å². The Kier molecular flexibility index (Phi) is 4.15. The maximum atomic E-state index is 14.0. The summed E-state index contributed by atoms with van der Waals surface area (Å²) in [6, 6.07) is 9.57. The summed E-state index contributed by atoms with van der Waals surface area (Å²) in [4.78, 5) is 2.50. The molecule has 0 aliphatic rings. The summed E-state index contributed by atoms with van der Waals surface area (Å²) in [5.74, 6) is -0.138. The van der Waals surface area contributed by atoms with Gasteiger partial charge in [0.2, 0.25) is 0 Å². The molecule has 0 aliphatic heterocycles. The normalized spacial score (nSPS) is 12.7. The van der Waals surface area contributed by atoms with Crippen molar-refractivity contribution in [3.8, 4) is 0 Å². The van der Waals surface area contributed by atoms with E-state index >= 15 is 0 Å². The van der Waals surface area contributed by atoms with Crippen LogP contribution >= 0.6 is 11.3 Å². The van der Waals surface area contributed by atoms with Gasteiger partial charge in [-0.2, -0.15) is 0 Å². The molecular formula is C15H18FNS. The van der Waals surface area contributed by atoms with E-state index < -0.39 is 0 Å². The first-order valence-electron chi connectivity index (χ1n) is 6.17. The summed E-state index contributed by atoms with van der Waals surface area (Å²) < 4.78 is 14.0. The Morgan fingerprint density at radius 2 is 2.06 bits per heavy atom. The van der Waals surface area contributed by atoms with E-state index in [1.54, 1.807) is 17.4 Å². The molecule has 2 rings (SSSR count). The van der Waals surface area contributed by atoms with E-state index in [0.717, 1.165) is 16.9 Å². The minimum absolute atomic E-state index is 0.0594. The molecule has 1 nitrogen and oxygen atoms in total. The van der Waals surface area contributed by atoms with Crippen LogP contribution in [0.5, 0.6) is 0 Å². The van der Waals surface area contributed by atoms with Gasteiger partial charge in [0.25, 0.3) is 0 Å². The smallest absolute Gasteiger partial charge is 0.128 e. The van der Waals surface area contributed by atoms with Gasteiger partial charge >= 0.3 is 0 Å². The molecule has 1 heterocycles. The second kappa shape index (κ2) is 5.63. The zero-order valence-corrected chi connectivity index (χ0v) is 11.8. The predicted octanol–water partition coefficient (Wildman–Crippen LogP) is 4.07. The topological polar surface area (TPSA) is 12.0 Å². The molecule has 96 valence electrons. The Morgan fingerprint density at radius 1 is 1.28 bits per heavy atom. The summed E-state index contributed by atoms with van der Waals surface area (Å²) in [6.07, 6.45) is 1.03. The molecule has 1 unspecified atom stereocenters. The zero-order chi connectivity index (χ0) is 13.1. The van der Waals surface area contributed by atoms with Crippen LogP contribution in [0, 0.1) is 12.7 Å². The largest absolute Gasteiger partial charge is 0.309 e. The van der Waals surface area contributed by atoms with Crippen LogP contribution in [0.25, 0.3) is 0 Å². The number of nitrogens with one attached hydrogen (secondary N) is 1. The van der Waals surface area contributed by atoms with Gasteiger partial charge in [-0.1, -0.05) is 19.1 Å². The van der Waals surface area contributed by atoms with Crippen molar-refractivity contribution in [1.29, 1.82) is 0 Å². The molecule has 2 aromatic rings. The van der Waals surface area contributed by atoms with Crippen molar-refractivity contribution in [2.24, 2.45) is 0 Å². The number of benzene rings is 1. The third-order valence-electron chi connectivity index (χ3n) is 3.07. The van der Waals surface area contributed by atoms with Crippen LogP contribution in [0.3, 0.4) is 0 Å². The van der Waals surface area contributed by atoms with Crippen molar-refractivity contribution in [2.45, 2.75) is 26.3 Å². The molecule has 1 N–H and O–H groups in total. The van der Waals surface area contributed by atoms with Gasteiger partial charge in [0, 0.05) is 15.3 Å². The number of hydrogen-bond donors (Lipinski definition) is 1. The molecule has 1 atom stereocenters. The number of hydrogen-bond acceptors (Lipinski definition) is 2. The van der Waals surface area contributed by atoms with Gasteiger partial charge in [0.05, 0.1) is 6.04 Å². The number of thiophene rings is 1. The van der Waals surface area contributed by atoms with Crippen molar-refractivity contribution in [1.82, 2.24) is 5.32 Å². The van der Waals surface area contributed by atoms with Crippen LogP contribution < -0.4 is 5.32 Å². The lowest BCUT2D eigenvalue weighted by atomic mass is 10.0. The summed E-state index contributed by atoms with van der Waals surface area (Å²) in [5.41, 5.74) is 1.67. The molecule has 1 aromatic heterocycles. The third kappa shape index (κ3) is 2.62. The van der Waals surface area contributed by atoms with E-state index in [0.29, 0.717) is 5.56 Å². The first-order valence-corrected chi connectivity index (χ1v) is 6.99. The van der Waals surface area contributed by atoms with E-state index in [9.17, 15) is 4.39 Å². The highest BCUT2D eigenvalue weighted by atomic mass is 32.1. The van der Waals surface area contributed by atoms with Crippen molar-refractivity contribution in [3.63, 3.8) is 0 Å². The van der Waals surface area contributed by atoms with Crippen molar-refractivity contribution in [2.75, 3.05) is 7.05 Å². The molecule has 0 fully saturated rings. The molecule has 0 radical (unpaired) electrons. The number of rotatable bonds is 4. The van der Waals surface area contributed by atoms with Crippen LogP contribution in [0.15, 0.2) is 30.3 Å². The highest BCUT2D eigenvalue weighted by Gasteiger charge is 2.17. The van der Waals surface area contributed by atoms with Gasteiger partial charge in [-0.3, -0.25) is 0 Å². The molecule has 3 heteroatoms. The number of aryl methyl sites for hydroxylation is 2. The molecule has 0 saturated heterocycles. The van der Waals surface area contributed by atoms with Gasteiger partial charge in [-0.15, -0.1) is 11.3 Å². The molecule has 0 bridgehead atoms. The molecular weight excluding hydrogens is 245 g/mol. The second-order valence-electron chi connectivity index (χ2n) is 4.40. The van der Waals surface area contributed by atoms with Crippen LogP contribution in [-0.4, -0.2) is 7.05 Å². The lowest BCUT2D eigenvalue weighted by Crippen LogP contribution is -2.17. The summed E-state index contributed by atoms with van der Waals surface area (Å²) >= 11 is 1.74. The van der Waals surface area contributed by atoms with E-state index in [4.69, 9.17) is 0 Å². The minimum Gasteiger partial charge on any atom is -0.309 e. The standard InChI is InChI=1S/C15H18FNS/c1-4-11-6-8-14(18-11)15(17-3)12-7-5-10(2)9-13(12)16/h5-9,15,17H,4H2,1-3H3. The van der Waals surface area contributed by atoms with Gasteiger partial charge in [-0.05, 0) is 44.2 Å². The zero-order valence-electron chi connectivity index (χ0n) is 11.0. The van der Waals surface area contributed by atoms with E-state index in [1.807, 2.05) is 26.1 Å². The molecule has 0 spiro atoms. The quantitative estimate of drug-likeness (QED) is 0.877. The van der Waals surface area contributed by atoms with Crippen LogP contribution in [-0.2, 0) is 6.42 Å². The molecule has 18 heavy (non-hydrogen) atoms. The molecule has 0 aliphatic carbocycles. The maximum Gasteiger partial charge on any atom is 0.128 e. The summed E-state index contributed by atoms with van der Waals surface area (Å²) in [6.45, 7) is 4.04. The van der Waals surface area contributed by atoms with Crippen LogP contribution in [0.2, 0.25) is 0 Å². The highest BCUT2D eigenvalue weighted by molar-refractivity contribution is 7.12. The molecule has 1 aromatic carbocycles. The number of halogens is 1. The van der Waals surface area contributed by atoms with Crippen molar-refractivity contribution < 1.29 is 4.39 Å². The lowest BCUT2D eigenvalue weighted by Gasteiger charge is -2.16. The average Bonchev–Trinajstić information content (AvgIpc) is 2.81. The van der Waals surface area contributed by atoms with E-state index in [2.05, 4.69) is 24.4 Å². The first-order chi connectivity index (χ1) is 8.65. The Bertz CT molecular complexity index is 533. The Hall–Kier alpha value is -1.19. The van der Waals surface area contributed by atoms with Crippen molar-refractivity contribution >= 4 is 11.3 Å². The Morgan fingerprint density at radius 3 is 2.61 bits per heavy atom. The maximum absolute atomic E-state index is 14.0. The fraction of sp³-hybridized carbons (Fsp3) is 0.333. The van der Waals surface area contributed by atoms with Crippen molar-refractivity contribution in [3.05, 3.63) is 57.0 Å². The van der Waals surface area contributed by atoms with Gasteiger partial charge in [0.1, 0.15) is 5.82 Å². The van der Waals surface area contributed by atoms with Gasteiger partial charge in [0.15, 0.2) is 0 Å². The summed E-state index contributed by atoms with van der Waals surface area (Å²) in [5, 5.41) is 3.20. The lowest BCUT2D eigenvalue weighted by molar-refractivity contribution is 0.578. The summed E-state index contributed by atoms with van der Waals surface area (Å²) in [7, 11) is 1.87. The molecule has 0 saturated carbocycles. The molecule has 0 amide bonds. The Labute approximate surface area is 112 Å². The minimum atomic E-state index is -0.138.